The average molecular weight is 250 g/mol. The van der Waals surface area contributed by atoms with E-state index in [4.69, 9.17) is 5.73 Å². The molecule has 0 aliphatic heterocycles. The first-order valence-corrected chi connectivity index (χ1v) is 6.74. The number of fused-ring (bicyclic) bond motifs is 1. The van der Waals surface area contributed by atoms with Crippen molar-refractivity contribution >= 4 is 17.4 Å². The van der Waals surface area contributed by atoms with E-state index in [0.717, 1.165) is 23.0 Å². The van der Waals surface area contributed by atoms with Crippen molar-refractivity contribution in [3.8, 4) is 0 Å². The molecule has 0 fully saturated rings. The molecule has 0 spiro atoms. The molecule has 5 heteroatoms. The highest BCUT2D eigenvalue weighted by Crippen LogP contribution is 2.24. The summed E-state index contributed by atoms with van der Waals surface area (Å²) >= 11 is 1.73. The van der Waals surface area contributed by atoms with Crippen LogP contribution in [-0.4, -0.2) is 26.9 Å². The molecule has 0 bridgehead atoms. The molecule has 0 aromatic carbocycles. The first-order valence-electron chi connectivity index (χ1n) is 5.75. The zero-order chi connectivity index (χ0) is 12.3. The van der Waals surface area contributed by atoms with Crippen molar-refractivity contribution in [1.82, 2.24) is 14.6 Å². The van der Waals surface area contributed by atoms with Crippen molar-refractivity contribution in [3.63, 3.8) is 0 Å². The van der Waals surface area contributed by atoms with Gasteiger partial charge in [0.25, 0.3) is 0 Å². The zero-order valence-electron chi connectivity index (χ0n) is 10.3. The lowest BCUT2D eigenvalue weighted by molar-refractivity contribution is 0.368. The Hall–Kier alpha value is -1.07. The molecular formula is C12H18N4S. The number of thioether (sulfide) groups is 1. The van der Waals surface area contributed by atoms with Gasteiger partial charge in [0.05, 0.1) is 0 Å². The number of hydrogen-bond acceptors (Lipinski definition) is 4. The molecule has 0 saturated carbocycles. The number of rotatable bonds is 5. The summed E-state index contributed by atoms with van der Waals surface area (Å²) in [6, 6.07) is 5.92. The van der Waals surface area contributed by atoms with Crippen LogP contribution in [-0.2, 0) is 0 Å². The van der Waals surface area contributed by atoms with Crippen LogP contribution >= 0.6 is 11.8 Å². The summed E-state index contributed by atoms with van der Waals surface area (Å²) in [6.07, 6.45) is 3.07. The summed E-state index contributed by atoms with van der Waals surface area (Å²) < 4.78 is 2.01. The van der Waals surface area contributed by atoms with Gasteiger partial charge in [-0.1, -0.05) is 31.7 Å². The van der Waals surface area contributed by atoms with E-state index in [0.29, 0.717) is 6.54 Å². The van der Waals surface area contributed by atoms with Gasteiger partial charge in [-0.3, -0.25) is 4.40 Å². The van der Waals surface area contributed by atoms with Gasteiger partial charge < -0.3 is 5.73 Å². The van der Waals surface area contributed by atoms with Gasteiger partial charge in [0.2, 0.25) is 0 Å². The molecule has 0 amide bonds. The Morgan fingerprint density at radius 2 is 2.18 bits per heavy atom. The number of aromatic nitrogens is 3. The molecule has 0 atom stereocenters. The van der Waals surface area contributed by atoms with Crippen molar-refractivity contribution in [1.29, 1.82) is 0 Å². The van der Waals surface area contributed by atoms with Gasteiger partial charge in [0, 0.05) is 11.9 Å². The van der Waals surface area contributed by atoms with E-state index in [2.05, 4.69) is 24.0 Å². The molecule has 0 aliphatic rings. The normalized spacial score (nSPS) is 12.2. The Morgan fingerprint density at radius 1 is 1.35 bits per heavy atom. The number of pyridine rings is 1. The summed E-state index contributed by atoms with van der Waals surface area (Å²) in [4.78, 5) is 0. The molecule has 0 aliphatic carbocycles. The highest BCUT2D eigenvalue weighted by atomic mass is 32.2. The van der Waals surface area contributed by atoms with Crippen molar-refractivity contribution in [2.75, 3.05) is 12.3 Å². The Morgan fingerprint density at radius 3 is 2.94 bits per heavy atom. The SMILES string of the molecule is CC(C)(CN)CCSc1nnc2ccccn12. The van der Waals surface area contributed by atoms with Crippen LogP contribution in [0.5, 0.6) is 0 Å². The van der Waals surface area contributed by atoms with Gasteiger partial charge in [-0.2, -0.15) is 0 Å². The maximum absolute atomic E-state index is 5.71. The second-order valence-electron chi connectivity index (χ2n) is 4.88. The second-order valence-corrected chi connectivity index (χ2v) is 5.94. The first-order chi connectivity index (χ1) is 8.12. The Kier molecular flexibility index (Phi) is 3.69. The standard InChI is InChI=1S/C12H18N4S/c1-12(2,9-13)6-8-17-11-15-14-10-5-3-4-7-16(10)11/h3-5,7H,6,8-9,13H2,1-2H3. The molecule has 2 rings (SSSR count). The predicted molar refractivity (Wildman–Crippen MR) is 71.2 cm³/mol. The fourth-order valence-electron chi connectivity index (χ4n) is 1.44. The van der Waals surface area contributed by atoms with Crippen molar-refractivity contribution in [2.45, 2.75) is 25.4 Å². The minimum atomic E-state index is 0.202. The maximum Gasteiger partial charge on any atom is 0.195 e. The topological polar surface area (TPSA) is 56.2 Å². The number of nitrogens with zero attached hydrogens (tertiary/aromatic N) is 3. The van der Waals surface area contributed by atoms with Crippen LogP contribution in [0, 0.1) is 5.41 Å². The number of nitrogens with two attached hydrogens (primary N) is 1. The lowest BCUT2D eigenvalue weighted by Gasteiger charge is -2.21. The van der Waals surface area contributed by atoms with Gasteiger partial charge in [0.1, 0.15) is 0 Å². The van der Waals surface area contributed by atoms with Gasteiger partial charge in [-0.25, -0.2) is 0 Å². The van der Waals surface area contributed by atoms with Crippen molar-refractivity contribution in [3.05, 3.63) is 24.4 Å². The van der Waals surface area contributed by atoms with Crippen molar-refractivity contribution < 1.29 is 0 Å². The fourth-order valence-corrected chi connectivity index (χ4v) is 2.67. The molecule has 2 heterocycles. The summed E-state index contributed by atoms with van der Waals surface area (Å²) in [5.74, 6) is 1.01. The minimum Gasteiger partial charge on any atom is -0.330 e. The van der Waals surface area contributed by atoms with Gasteiger partial charge in [-0.15, -0.1) is 10.2 Å². The molecule has 2 N–H and O–H groups in total. The van der Waals surface area contributed by atoms with E-state index in [1.165, 1.54) is 0 Å². The van der Waals surface area contributed by atoms with Crippen LogP contribution in [0.25, 0.3) is 5.65 Å². The predicted octanol–water partition coefficient (Wildman–Crippen LogP) is 2.20. The van der Waals surface area contributed by atoms with Crippen LogP contribution in [0.4, 0.5) is 0 Å². The Labute approximate surface area is 106 Å². The summed E-state index contributed by atoms with van der Waals surface area (Å²) in [7, 11) is 0. The number of hydrogen-bond donors (Lipinski definition) is 1. The van der Waals surface area contributed by atoms with Crippen molar-refractivity contribution in [2.24, 2.45) is 11.1 Å². The van der Waals surface area contributed by atoms with Gasteiger partial charge in [0.15, 0.2) is 10.8 Å². The lowest BCUT2D eigenvalue weighted by Crippen LogP contribution is -2.24. The van der Waals surface area contributed by atoms with E-state index in [9.17, 15) is 0 Å². The molecule has 0 saturated heterocycles. The molecule has 4 nitrogen and oxygen atoms in total. The molecule has 17 heavy (non-hydrogen) atoms. The minimum absolute atomic E-state index is 0.202. The van der Waals surface area contributed by atoms with E-state index in [1.54, 1.807) is 11.8 Å². The van der Waals surface area contributed by atoms with E-state index < -0.39 is 0 Å². The van der Waals surface area contributed by atoms with Crippen LogP contribution in [0.3, 0.4) is 0 Å². The van der Waals surface area contributed by atoms with Crippen LogP contribution in [0.1, 0.15) is 20.3 Å². The average Bonchev–Trinajstić information content (AvgIpc) is 2.73. The van der Waals surface area contributed by atoms with E-state index in [-0.39, 0.29) is 5.41 Å². The van der Waals surface area contributed by atoms with Crippen LogP contribution in [0.2, 0.25) is 0 Å². The smallest absolute Gasteiger partial charge is 0.195 e. The van der Waals surface area contributed by atoms with E-state index >= 15 is 0 Å². The molecule has 2 aromatic heterocycles. The summed E-state index contributed by atoms with van der Waals surface area (Å²) in [5, 5.41) is 9.26. The second kappa shape index (κ2) is 5.06. The fraction of sp³-hybridized carbons (Fsp3) is 0.500. The molecule has 0 unspecified atom stereocenters. The highest BCUT2D eigenvalue weighted by Gasteiger charge is 2.15. The summed E-state index contributed by atoms with van der Waals surface area (Å²) in [5.41, 5.74) is 6.81. The molecule has 92 valence electrons. The highest BCUT2D eigenvalue weighted by molar-refractivity contribution is 7.99. The van der Waals surface area contributed by atoms with Gasteiger partial charge in [-0.05, 0) is 30.5 Å². The third kappa shape index (κ3) is 2.98. The summed E-state index contributed by atoms with van der Waals surface area (Å²) in [6.45, 7) is 5.10. The molecular weight excluding hydrogens is 232 g/mol. The van der Waals surface area contributed by atoms with E-state index in [1.807, 2.05) is 28.8 Å². The lowest BCUT2D eigenvalue weighted by atomic mass is 9.91. The van der Waals surface area contributed by atoms with Crippen LogP contribution in [0.15, 0.2) is 29.6 Å². The molecule has 2 aromatic rings. The quantitative estimate of drug-likeness (QED) is 0.827. The zero-order valence-corrected chi connectivity index (χ0v) is 11.1. The third-order valence-electron chi connectivity index (χ3n) is 2.85. The first kappa shape index (κ1) is 12.4. The van der Waals surface area contributed by atoms with Gasteiger partial charge >= 0.3 is 0 Å². The maximum atomic E-state index is 5.71. The Balaban J connectivity index is 2.00. The molecule has 0 radical (unpaired) electrons. The Bertz CT molecular complexity index is 492. The van der Waals surface area contributed by atoms with Crippen LogP contribution < -0.4 is 5.73 Å². The monoisotopic (exact) mass is 250 g/mol. The third-order valence-corrected chi connectivity index (χ3v) is 3.79. The largest absolute Gasteiger partial charge is 0.330 e.